The van der Waals surface area contributed by atoms with Crippen molar-refractivity contribution in [2.24, 2.45) is 0 Å². The number of halogens is 3. The Labute approximate surface area is 86.0 Å². The average Bonchev–Trinajstić information content (AvgIpc) is 2.01. The van der Waals surface area contributed by atoms with Crippen molar-refractivity contribution < 1.29 is 4.79 Å². The Bertz CT molecular complexity index is 299. The molecule has 0 spiro atoms. The topological polar surface area (TPSA) is 17.1 Å². The second kappa shape index (κ2) is 3.70. The Morgan fingerprint density at radius 2 is 1.91 bits per heavy atom. The summed E-state index contributed by atoms with van der Waals surface area (Å²) in [6.45, 7) is 0. The lowest BCUT2D eigenvalue weighted by Crippen LogP contribution is -1.83. The Morgan fingerprint density at radius 3 is 2.45 bits per heavy atom. The summed E-state index contributed by atoms with van der Waals surface area (Å²) in [5.41, 5.74) is 0.585. The fourth-order valence-electron chi connectivity index (χ4n) is 0.632. The Hall–Kier alpha value is 0.140. The Balaban J connectivity index is 3.36. The van der Waals surface area contributed by atoms with E-state index in [0.29, 0.717) is 19.5 Å². The quantitative estimate of drug-likeness (QED) is 0.571. The van der Waals surface area contributed by atoms with Gasteiger partial charge in [0.2, 0.25) is 0 Å². The van der Waals surface area contributed by atoms with Crippen molar-refractivity contribution >= 4 is 49.7 Å². The monoisotopic (exact) mass is 296 g/mol. The van der Waals surface area contributed by atoms with E-state index in [9.17, 15) is 4.79 Å². The lowest BCUT2D eigenvalue weighted by Gasteiger charge is -2.00. The molecule has 4 heteroatoms. The van der Waals surface area contributed by atoms with Crippen LogP contribution in [0.25, 0.3) is 0 Å². The second-order valence-electron chi connectivity index (χ2n) is 1.88. The van der Waals surface area contributed by atoms with Crippen LogP contribution in [0.4, 0.5) is 0 Å². The number of hydrogen-bond donors (Lipinski definition) is 0. The highest BCUT2D eigenvalue weighted by atomic mass is 79.9. The van der Waals surface area contributed by atoms with Crippen molar-refractivity contribution in [3.05, 3.63) is 31.7 Å². The van der Waals surface area contributed by atoms with Crippen LogP contribution in [0.15, 0.2) is 21.1 Å². The van der Waals surface area contributed by atoms with Gasteiger partial charge in [-0.3, -0.25) is 4.79 Å². The molecular formula is C7H3Br2ClO. The molecule has 0 amide bonds. The van der Waals surface area contributed by atoms with Crippen molar-refractivity contribution in [3.63, 3.8) is 0 Å². The van der Waals surface area contributed by atoms with Gasteiger partial charge in [0, 0.05) is 10.0 Å². The average molecular weight is 298 g/mol. The molecule has 0 aliphatic heterocycles. The zero-order chi connectivity index (χ0) is 8.43. The van der Waals surface area contributed by atoms with Crippen LogP contribution in [0.3, 0.4) is 0 Å². The summed E-state index contributed by atoms with van der Waals surface area (Å²) in [7, 11) is 0. The highest BCUT2D eigenvalue weighted by Crippen LogP contribution is 2.32. The molecule has 0 unspecified atom stereocenters. The van der Waals surface area contributed by atoms with Crippen LogP contribution in [0, 0.1) is 0 Å². The van der Waals surface area contributed by atoms with Gasteiger partial charge in [-0.15, -0.1) is 0 Å². The second-order valence-corrected chi connectivity index (χ2v) is 3.88. The maximum atomic E-state index is 10.4. The van der Waals surface area contributed by atoms with Crippen LogP contribution in [0.5, 0.6) is 0 Å². The van der Waals surface area contributed by atoms with Gasteiger partial charge in [0.1, 0.15) is 0 Å². The first-order valence-corrected chi connectivity index (χ1v) is 4.72. The van der Waals surface area contributed by atoms with E-state index in [4.69, 9.17) is 11.6 Å². The van der Waals surface area contributed by atoms with Gasteiger partial charge in [-0.1, -0.05) is 11.6 Å². The van der Waals surface area contributed by atoms with Crippen LogP contribution >= 0.6 is 43.5 Å². The molecule has 0 radical (unpaired) electrons. The standard InChI is InChI=1S/C7H3Br2ClO/c8-6-4(3-11)1-2-5(10)7(6)9/h1-3H. The minimum Gasteiger partial charge on any atom is -0.298 e. The smallest absolute Gasteiger partial charge is 0.151 e. The van der Waals surface area contributed by atoms with Crippen LogP contribution in [0.2, 0.25) is 5.02 Å². The maximum absolute atomic E-state index is 10.4. The zero-order valence-corrected chi connectivity index (χ0v) is 9.20. The molecule has 0 aliphatic rings. The van der Waals surface area contributed by atoms with E-state index in [0.717, 1.165) is 6.29 Å². The van der Waals surface area contributed by atoms with Crippen molar-refractivity contribution in [2.75, 3.05) is 0 Å². The van der Waals surface area contributed by atoms with E-state index >= 15 is 0 Å². The van der Waals surface area contributed by atoms with Gasteiger partial charge in [0.05, 0.1) is 9.50 Å². The normalized spacial score (nSPS) is 9.73. The molecular weight excluding hydrogens is 295 g/mol. The van der Waals surface area contributed by atoms with Gasteiger partial charge < -0.3 is 0 Å². The predicted octanol–water partition coefficient (Wildman–Crippen LogP) is 3.68. The molecule has 0 heterocycles. The minimum atomic E-state index is 0.585. The minimum absolute atomic E-state index is 0.585. The fraction of sp³-hybridized carbons (Fsp3) is 0. The van der Waals surface area contributed by atoms with Crippen LogP contribution in [0.1, 0.15) is 10.4 Å². The van der Waals surface area contributed by atoms with Gasteiger partial charge in [-0.25, -0.2) is 0 Å². The lowest BCUT2D eigenvalue weighted by atomic mass is 10.2. The number of carbonyl (C=O) groups excluding carboxylic acids is 1. The van der Waals surface area contributed by atoms with Crippen LogP contribution in [-0.2, 0) is 0 Å². The Kier molecular flexibility index (Phi) is 3.10. The number of aldehydes is 1. The highest BCUT2D eigenvalue weighted by Gasteiger charge is 2.05. The molecule has 0 saturated heterocycles. The molecule has 0 aromatic heterocycles. The predicted molar refractivity (Wildman–Crippen MR) is 52.2 cm³/mol. The van der Waals surface area contributed by atoms with Crippen molar-refractivity contribution in [2.45, 2.75) is 0 Å². The van der Waals surface area contributed by atoms with E-state index in [-0.39, 0.29) is 0 Å². The van der Waals surface area contributed by atoms with Crippen molar-refractivity contribution in [1.82, 2.24) is 0 Å². The lowest BCUT2D eigenvalue weighted by molar-refractivity contribution is 0.112. The van der Waals surface area contributed by atoms with E-state index in [1.165, 1.54) is 0 Å². The molecule has 0 N–H and O–H groups in total. The first-order chi connectivity index (χ1) is 5.16. The van der Waals surface area contributed by atoms with Gasteiger partial charge in [0.15, 0.2) is 6.29 Å². The summed E-state index contributed by atoms with van der Waals surface area (Å²) in [5.74, 6) is 0. The van der Waals surface area contributed by atoms with E-state index in [1.54, 1.807) is 12.1 Å². The summed E-state index contributed by atoms with van der Waals surface area (Å²) in [5, 5.41) is 0.586. The number of hydrogen-bond acceptors (Lipinski definition) is 1. The van der Waals surface area contributed by atoms with E-state index in [2.05, 4.69) is 31.9 Å². The SMILES string of the molecule is O=Cc1ccc(Cl)c(Br)c1Br. The van der Waals surface area contributed by atoms with Crippen LogP contribution in [-0.4, -0.2) is 6.29 Å². The van der Waals surface area contributed by atoms with Crippen molar-refractivity contribution in [1.29, 1.82) is 0 Å². The van der Waals surface area contributed by atoms with Gasteiger partial charge in [-0.05, 0) is 44.0 Å². The fourth-order valence-corrected chi connectivity index (χ4v) is 1.70. The summed E-state index contributed by atoms with van der Waals surface area (Å²) in [6.07, 6.45) is 0.769. The van der Waals surface area contributed by atoms with Crippen LogP contribution < -0.4 is 0 Å². The van der Waals surface area contributed by atoms with Gasteiger partial charge in [-0.2, -0.15) is 0 Å². The summed E-state index contributed by atoms with van der Waals surface area (Å²) >= 11 is 12.2. The molecule has 0 fully saturated rings. The first kappa shape index (κ1) is 9.23. The van der Waals surface area contributed by atoms with E-state index in [1.807, 2.05) is 0 Å². The molecule has 0 saturated carbocycles. The summed E-state index contributed by atoms with van der Waals surface area (Å²) in [4.78, 5) is 10.4. The summed E-state index contributed by atoms with van der Waals surface area (Å²) < 4.78 is 1.41. The third-order valence-electron chi connectivity index (χ3n) is 1.19. The molecule has 0 aliphatic carbocycles. The third-order valence-corrected chi connectivity index (χ3v) is 3.95. The molecule has 1 rings (SSSR count). The number of benzene rings is 1. The number of carbonyl (C=O) groups is 1. The van der Waals surface area contributed by atoms with Gasteiger partial charge in [0.25, 0.3) is 0 Å². The summed E-state index contributed by atoms with van der Waals surface area (Å²) in [6, 6.07) is 3.32. The molecule has 0 bridgehead atoms. The molecule has 0 atom stereocenters. The maximum Gasteiger partial charge on any atom is 0.151 e. The highest BCUT2D eigenvalue weighted by molar-refractivity contribution is 9.13. The zero-order valence-electron chi connectivity index (χ0n) is 5.27. The Morgan fingerprint density at radius 1 is 1.27 bits per heavy atom. The molecule has 1 aromatic rings. The largest absolute Gasteiger partial charge is 0.298 e. The van der Waals surface area contributed by atoms with Crippen molar-refractivity contribution in [3.8, 4) is 0 Å². The molecule has 1 aromatic carbocycles. The first-order valence-electron chi connectivity index (χ1n) is 2.75. The number of rotatable bonds is 1. The van der Waals surface area contributed by atoms with Gasteiger partial charge >= 0.3 is 0 Å². The molecule has 11 heavy (non-hydrogen) atoms. The molecule has 58 valence electrons. The third kappa shape index (κ3) is 1.83. The molecule has 1 nitrogen and oxygen atoms in total. The van der Waals surface area contributed by atoms with E-state index < -0.39 is 0 Å².